The summed E-state index contributed by atoms with van der Waals surface area (Å²) in [6.07, 6.45) is 0. The predicted octanol–water partition coefficient (Wildman–Crippen LogP) is -0.292. The molecule has 0 saturated carbocycles. The van der Waals surface area contributed by atoms with Crippen molar-refractivity contribution in [3.8, 4) is 0 Å². The van der Waals surface area contributed by atoms with Gasteiger partial charge in [0.05, 0.1) is 5.41 Å². The lowest BCUT2D eigenvalue weighted by molar-refractivity contribution is -0.122. The van der Waals surface area contributed by atoms with Crippen molar-refractivity contribution >= 4 is 19.2 Å². The number of carbonyl (C=O) groups excluding carboxylic acids is 1. The van der Waals surface area contributed by atoms with Crippen molar-refractivity contribution in [3.63, 3.8) is 0 Å². The predicted molar refractivity (Wildman–Crippen MR) is 56.8 cm³/mol. The molecule has 0 aliphatic heterocycles. The maximum absolute atomic E-state index is 11.2. The average Bonchev–Trinajstić information content (AvgIpc) is 2.04. The van der Waals surface area contributed by atoms with Crippen LogP contribution in [0.1, 0.15) is 19.4 Å². The van der Waals surface area contributed by atoms with Gasteiger partial charge in [0, 0.05) is 0 Å². The Hall–Kier alpha value is -1.25. The van der Waals surface area contributed by atoms with Gasteiger partial charge < -0.3 is 5.73 Å². The SMILES string of the molecule is Bc1cccc(C(C)(C)C(N)=O)c1. The molecule has 1 amide bonds. The molecule has 0 fully saturated rings. The molecular weight excluding hydrogens is 161 g/mol. The molecule has 0 saturated heterocycles. The van der Waals surface area contributed by atoms with E-state index >= 15 is 0 Å². The highest BCUT2D eigenvalue weighted by molar-refractivity contribution is 6.32. The summed E-state index contributed by atoms with van der Waals surface area (Å²) in [7, 11) is 2.00. The van der Waals surface area contributed by atoms with E-state index in [9.17, 15) is 4.79 Å². The van der Waals surface area contributed by atoms with Crippen LogP contribution in [-0.4, -0.2) is 13.8 Å². The normalized spacial score (nSPS) is 11.2. The van der Waals surface area contributed by atoms with Crippen LogP contribution in [0, 0.1) is 0 Å². The molecule has 68 valence electrons. The van der Waals surface area contributed by atoms with Crippen molar-refractivity contribution in [2.24, 2.45) is 5.73 Å². The van der Waals surface area contributed by atoms with E-state index in [4.69, 9.17) is 5.73 Å². The zero-order valence-electron chi connectivity index (χ0n) is 8.29. The summed E-state index contributed by atoms with van der Waals surface area (Å²) in [4.78, 5) is 11.2. The lowest BCUT2D eigenvalue weighted by atomic mass is 9.81. The first-order valence-electron chi connectivity index (χ1n) is 4.31. The van der Waals surface area contributed by atoms with Gasteiger partial charge in [-0.1, -0.05) is 29.7 Å². The summed E-state index contributed by atoms with van der Waals surface area (Å²) in [5.74, 6) is -0.293. The minimum atomic E-state index is -0.577. The number of carbonyl (C=O) groups is 1. The summed E-state index contributed by atoms with van der Waals surface area (Å²) in [5, 5.41) is 0. The van der Waals surface area contributed by atoms with E-state index in [0.29, 0.717) is 0 Å². The minimum Gasteiger partial charge on any atom is -0.369 e. The molecule has 0 spiro atoms. The first-order chi connectivity index (χ1) is 5.94. The minimum absolute atomic E-state index is 0.293. The van der Waals surface area contributed by atoms with Crippen LogP contribution < -0.4 is 11.2 Å². The molecule has 0 aromatic heterocycles. The second-order valence-corrected chi connectivity index (χ2v) is 3.86. The van der Waals surface area contributed by atoms with E-state index in [-0.39, 0.29) is 5.91 Å². The van der Waals surface area contributed by atoms with E-state index in [1.807, 2.05) is 46.0 Å². The van der Waals surface area contributed by atoms with Crippen LogP contribution >= 0.6 is 0 Å². The van der Waals surface area contributed by atoms with Gasteiger partial charge in [0.15, 0.2) is 0 Å². The Morgan fingerprint density at radius 2 is 2.08 bits per heavy atom. The van der Waals surface area contributed by atoms with Crippen molar-refractivity contribution in [1.29, 1.82) is 0 Å². The summed E-state index contributed by atoms with van der Waals surface area (Å²) in [5.41, 5.74) is 6.85. The third-order valence-electron chi connectivity index (χ3n) is 2.36. The van der Waals surface area contributed by atoms with Gasteiger partial charge in [-0.3, -0.25) is 4.79 Å². The molecule has 2 N–H and O–H groups in total. The summed E-state index contributed by atoms with van der Waals surface area (Å²) in [6.45, 7) is 3.67. The van der Waals surface area contributed by atoms with Gasteiger partial charge in [-0.25, -0.2) is 0 Å². The quantitative estimate of drug-likeness (QED) is 0.616. The molecule has 0 aliphatic rings. The van der Waals surface area contributed by atoms with Crippen LogP contribution in [0.25, 0.3) is 0 Å². The Balaban J connectivity index is 3.14. The van der Waals surface area contributed by atoms with Crippen molar-refractivity contribution in [2.75, 3.05) is 0 Å². The highest BCUT2D eigenvalue weighted by Crippen LogP contribution is 2.20. The van der Waals surface area contributed by atoms with Crippen LogP contribution in [0.5, 0.6) is 0 Å². The fourth-order valence-electron chi connectivity index (χ4n) is 1.18. The lowest BCUT2D eigenvalue weighted by Gasteiger charge is -2.21. The first kappa shape index (κ1) is 9.84. The Labute approximate surface area is 79.5 Å². The van der Waals surface area contributed by atoms with Gasteiger partial charge in [-0.15, -0.1) is 0 Å². The molecule has 1 aromatic rings. The molecule has 0 bridgehead atoms. The number of rotatable bonds is 2. The molecule has 0 radical (unpaired) electrons. The number of primary amides is 1. The standard InChI is InChI=1S/C10H14BNO/c1-10(2,9(12)13)7-4-3-5-8(11)6-7/h3-6H,11H2,1-2H3,(H2,12,13). The summed E-state index contributed by atoms with van der Waals surface area (Å²) >= 11 is 0. The van der Waals surface area contributed by atoms with Gasteiger partial charge in [0.1, 0.15) is 7.85 Å². The van der Waals surface area contributed by atoms with E-state index in [2.05, 4.69) is 0 Å². The largest absolute Gasteiger partial charge is 0.369 e. The molecule has 0 unspecified atom stereocenters. The van der Waals surface area contributed by atoms with E-state index in [1.54, 1.807) is 0 Å². The number of amides is 1. The summed E-state index contributed by atoms with van der Waals surface area (Å²) < 4.78 is 0. The summed E-state index contributed by atoms with van der Waals surface area (Å²) in [6, 6.07) is 7.86. The Morgan fingerprint density at radius 3 is 2.54 bits per heavy atom. The maximum atomic E-state index is 11.2. The molecule has 0 aliphatic carbocycles. The Morgan fingerprint density at radius 1 is 1.46 bits per heavy atom. The van der Waals surface area contributed by atoms with Gasteiger partial charge >= 0.3 is 0 Å². The zero-order chi connectivity index (χ0) is 10.1. The molecule has 1 rings (SSSR count). The fourth-order valence-corrected chi connectivity index (χ4v) is 1.18. The monoisotopic (exact) mass is 175 g/mol. The van der Waals surface area contributed by atoms with Crippen molar-refractivity contribution in [2.45, 2.75) is 19.3 Å². The lowest BCUT2D eigenvalue weighted by Crippen LogP contribution is -2.36. The van der Waals surface area contributed by atoms with Crippen LogP contribution in [0.15, 0.2) is 24.3 Å². The molecule has 2 nitrogen and oxygen atoms in total. The third kappa shape index (κ3) is 1.91. The van der Waals surface area contributed by atoms with Gasteiger partial charge in [0.25, 0.3) is 0 Å². The second kappa shape index (κ2) is 3.25. The topological polar surface area (TPSA) is 43.1 Å². The van der Waals surface area contributed by atoms with Crippen LogP contribution in [0.2, 0.25) is 0 Å². The van der Waals surface area contributed by atoms with Crippen molar-refractivity contribution in [1.82, 2.24) is 0 Å². The van der Waals surface area contributed by atoms with Crippen molar-refractivity contribution < 1.29 is 4.79 Å². The van der Waals surface area contributed by atoms with Crippen LogP contribution in [0.3, 0.4) is 0 Å². The molecular formula is C10H14BNO. The first-order valence-corrected chi connectivity index (χ1v) is 4.31. The van der Waals surface area contributed by atoms with Crippen LogP contribution in [0.4, 0.5) is 0 Å². The molecule has 0 atom stereocenters. The Kier molecular flexibility index (Phi) is 2.46. The van der Waals surface area contributed by atoms with Crippen LogP contribution in [-0.2, 0) is 10.2 Å². The zero-order valence-corrected chi connectivity index (χ0v) is 8.29. The number of nitrogens with two attached hydrogens (primary N) is 1. The molecule has 3 heteroatoms. The Bertz CT molecular complexity index is 333. The fraction of sp³-hybridized carbons (Fsp3) is 0.300. The van der Waals surface area contributed by atoms with Gasteiger partial charge in [-0.05, 0) is 19.4 Å². The van der Waals surface area contributed by atoms with Gasteiger partial charge in [-0.2, -0.15) is 0 Å². The van der Waals surface area contributed by atoms with Crippen molar-refractivity contribution in [3.05, 3.63) is 29.8 Å². The average molecular weight is 175 g/mol. The number of hydrogen-bond donors (Lipinski definition) is 1. The van der Waals surface area contributed by atoms with E-state index < -0.39 is 5.41 Å². The molecule has 1 aromatic carbocycles. The highest BCUT2D eigenvalue weighted by Gasteiger charge is 2.26. The van der Waals surface area contributed by atoms with Gasteiger partial charge in [0.2, 0.25) is 5.91 Å². The van der Waals surface area contributed by atoms with E-state index in [0.717, 1.165) is 11.0 Å². The highest BCUT2D eigenvalue weighted by atomic mass is 16.1. The van der Waals surface area contributed by atoms with E-state index in [1.165, 1.54) is 0 Å². The smallest absolute Gasteiger partial charge is 0.227 e. The molecule has 13 heavy (non-hydrogen) atoms. The number of benzene rings is 1. The third-order valence-corrected chi connectivity index (χ3v) is 2.36. The maximum Gasteiger partial charge on any atom is 0.227 e. The second-order valence-electron chi connectivity index (χ2n) is 3.86. The number of hydrogen-bond acceptors (Lipinski definition) is 1. The molecule has 0 heterocycles.